The van der Waals surface area contributed by atoms with Gasteiger partial charge in [0, 0.05) is 18.3 Å². The van der Waals surface area contributed by atoms with Crippen LogP contribution < -0.4 is 20.1 Å². The minimum absolute atomic E-state index is 0.231. The van der Waals surface area contributed by atoms with Gasteiger partial charge in [-0.1, -0.05) is 0 Å². The molecule has 0 radical (unpaired) electrons. The number of aromatic nitrogens is 3. The van der Waals surface area contributed by atoms with E-state index in [2.05, 4.69) is 30.3 Å². The van der Waals surface area contributed by atoms with Crippen molar-refractivity contribution in [2.45, 2.75) is 6.36 Å². The molecule has 3 rings (SSSR count). The Morgan fingerprint density at radius 1 is 0.821 bits per heavy atom. The van der Waals surface area contributed by atoms with Crippen LogP contribution in [-0.4, -0.2) is 35.5 Å². The van der Waals surface area contributed by atoms with Crippen molar-refractivity contribution in [3.05, 3.63) is 48.5 Å². The Balaban J connectivity index is 1.83. The highest BCUT2D eigenvalue weighted by atomic mass is 19.4. The molecule has 2 aromatic carbocycles. The van der Waals surface area contributed by atoms with Crippen molar-refractivity contribution in [1.82, 2.24) is 15.0 Å². The maximum absolute atomic E-state index is 12.2. The van der Waals surface area contributed by atoms with Crippen molar-refractivity contribution >= 4 is 17.6 Å². The third-order valence-electron chi connectivity index (χ3n) is 3.55. The number of hydrogen-bond donors (Lipinski definition) is 2. The van der Waals surface area contributed by atoms with Gasteiger partial charge in [0.2, 0.25) is 11.9 Å². The molecule has 0 saturated carbocycles. The second-order valence-electron chi connectivity index (χ2n) is 5.48. The van der Waals surface area contributed by atoms with E-state index in [0.29, 0.717) is 23.2 Å². The van der Waals surface area contributed by atoms with Crippen LogP contribution in [0.1, 0.15) is 0 Å². The number of benzene rings is 2. The summed E-state index contributed by atoms with van der Waals surface area (Å²) in [7, 11) is 3.24. The predicted octanol–water partition coefficient (Wildman–Crippen LogP) is 4.23. The largest absolute Gasteiger partial charge is 0.573 e. The third kappa shape index (κ3) is 5.00. The van der Waals surface area contributed by atoms with E-state index in [0.717, 1.165) is 5.56 Å². The van der Waals surface area contributed by atoms with Crippen molar-refractivity contribution < 1.29 is 22.6 Å². The van der Waals surface area contributed by atoms with Gasteiger partial charge in [0.05, 0.1) is 7.11 Å². The Morgan fingerprint density at radius 3 is 2.00 bits per heavy atom. The summed E-state index contributed by atoms with van der Waals surface area (Å²) in [5, 5.41) is 5.79. The molecule has 0 spiro atoms. The molecule has 3 aromatic rings. The molecule has 0 amide bonds. The van der Waals surface area contributed by atoms with Crippen LogP contribution >= 0.6 is 0 Å². The van der Waals surface area contributed by atoms with E-state index in [9.17, 15) is 13.2 Å². The Kier molecular flexibility index (Phi) is 5.48. The lowest BCUT2D eigenvalue weighted by Crippen LogP contribution is -2.17. The van der Waals surface area contributed by atoms with Gasteiger partial charge in [0.25, 0.3) is 0 Å². The van der Waals surface area contributed by atoms with E-state index in [-0.39, 0.29) is 11.7 Å². The van der Waals surface area contributed by atoms with Crippen molar-refractivity contribution in [2.75, 3.05) is 24.8 Å². The molecular weight excluding hydrogens is 375 g/mol. The lowest BCUT2D eigenvalue weighted by Gasteiger charge is -2.11. The van der Waals surface area contributed by atoms with E-state index in [1.165, 1.54) is 24.3 Å². The number of nitrogens with one attached hydrogen (secondary N) is 2. The Hall–Kier alpha value is -3.56. The van der Waals surface area contributed by atoms with Crippen LogP contribution in [0, 0.1) is 0 Å². The van der Waals surface area contributed by atoms with E-state index in [4.69, 9.17) is 4.74 Å². The molecule has 2 N–H and O–H groups in total. The molecule has 7 nitrogen and oxygen atoms in total. The molecule has 10 heteroatoms. The molecule has 146 valence electrons. The lowest BCUT2D eigenvalue weighted by atomic mass is 10.2. The zero-order valence-corrected chi connectivity index (χ0v) is 14.9. The van der Waals surface area contributed by atoms with Crippen LogP contribution in [0.4, 0.5) is 30.8 Å². The van der Waals surface area contributed by atoms with Crippen LogP contribution in [0.3, 0.4) is 0 Å². The zero-order chi connectivity index (χ0) is 20.1. The summed E-state index contributed by atoms with van der Waals surface area (Å²) in [6.45, 7) is 0. The standard InChI is InChI=1S/C18H16F3N5O2/c1-22-16-24-15(11-3-7-13(27-2)8-4-11)25-17(26-16)23-12-5-9-14(10-6-12)28-18(19,20)21/h3-10H,1-2H3,(H2,22,23,24,25,26). The Morgan fingerprint density at radius 2 is 1.43 bits per heavy atom. The highest BCUT2D eigenvalue weighted by Crippen LogP contribution is 2.26. The smallest absolute Gasteiger partial charge is 0.497 e. The van der Waals surface area contributed by atoms with E-state index < -0.39 is 6.36 Å². The molecule has 0 fully saturated rings. The summed E-state index contributed by atoms with van der Waals surface area (Å²) >= 11 is 0. The monoisotopic (exact) mass is 391 g/mol. The fraction of sp³-hybridized carbons (Fsp3) is 0.167. The molecule has 0 aliphatic heterocycles. The number of rotatable bonds is 6. The van der Waals surface area contributed by atoms with Crippen LogP contribution in [0.15, 0.2) is 48.5 Å². The molecule has 0 atom stereocenters. The highest BCUT2D eigenvalue weighted by molar-refractivity contribution is 5.62. The van der Waals surface area contributed by atoms with E-state index in [1.807, 2.05) is 0 Å². The first-order valence-electron chi connectivity index (χ1n) is 8.07. The summed E-state index contributed by atoms with van der Waals surface area (Å²) < 4.78 is 45.7. The quantitative estimate of drug-likeness (QED) is 0.651. The maximum Gasteiger partial charge on any atom is 0.573 e. The van der Waals surface area contributed by atoms with Crippen LogP contribution in [-0.2, 0) is 0 Å². The number of ether oxygens (including phenoxy) is 2. The SMILES string of the molecule is CNc1nc(Nc2ccc(OC(F)(F)F)cc2)nc(-c2ccc(OC)cc2)n1. The first-order chi connectivity index (χ1) is 13.4. The number of alkyl halides is 3. The molecule has 0 aliphatic carbocycles. The highest BCUT2D eigenvalue weighted by Gasteiger charge is 2.30. The van der Waals surface area contributed by atoms with Crippen molar-refractivity contribution in [2.24, 2.45) is 0 Å². The fourth-order valence-corrected chi connectivity index (χ4v) is 2.28. The summed E-state index contributed by atoms with van der Waals surface area (Å²) in [6.07, 6.45) is -4.74. The number of nitrogens with zero attached hydrogens (tertiary/aromatic N) is 3. The summed E-state index contributed by atoms with van der Waals surface area (Å²) in [4.78, 5) is 12.9. The van der Waals surface area contributed by atoms with Gasteiger partial charge >= 0.3 is 6.36 Å². The zero-order valence-electron chi connectivity index (χ0n) is 14.9. The normalized spacial score (nSPS) is 11.0. The van der Waals surface area contributed by atoms with Crippen LogP contribution in [0.25, 0.3) is 11.4 Å². The van der Waals surface area contributed by atoms with Gasteiger partial charge in [-0.25, -0.2) is 0 Å². The van der Waals surface area contributed by atoms with Gasteiger partial charge in [0.15, 0.2) is 5.82 Å². The molecule has 0 bridgehead atoms. The second kappa shape index (κ2) is 7.99. The first kappa shape index (κ1) is 19.2. The predicted molar refractivity (Wildman–Crippen MR) is 97.8 cm³/mol. The molecule has 28 heavy (non-hydrogen) atoms. The number of methoxy groups -OCH3 is 1. The van der Waals surface area contributed by atoms with Crippen molar-refractivity contribution in [3.63, 3.8) is 0 Å². The minimum Gasteiger partial charge on any atom is -0.497 e. The first-order valence-corrected chi connectivity index (χ1v) is 8.07. The molecule has 0 saturated heterocycles. The lowest BCUT2D eigenvalue weighted by molar-refractivity contribution is -0.274. The second-order valence-corrected chi connectivity index (χ2v) is 5.48. The van der Waals surface area contributed by atoms with E-state index >= 15 is 0 Å². The molecule has 1 aromatic heterocycles. The van der Waals surface area contributed by atoms with Crippen molar-refractivity contribution in [3.8, 4) is 22.9 Å². The molecule has 1 heterocycles. The van der Waals surface area contributed by atoms with Crippen LogP contribution in [0.5, 0.6) is 11.5 Å². The maximum atomic E-state index is 12.2. The molecule has 0 unspecified atom stereocenters. The van der Waals surface area contributed by atoms with E-state index in [1.54, 1.807) is 38.4 Å². The Bertz CT molecular complexity index is 931. The summed E-state index contributed by atoms with van der Waals surface area (Å²) in [6, 6.07) is 12.4. The topological polar surface area (TPSA) is 81.2 Å². The van der Waals surface area contributed by atoms with Gasteiger partial charge in [-0.2, -0.15) is 15.0 Å². The average Bonchev–Trinajstić information content (AvgIpc) is 2.68. The molecule has 0 aliphatic rings. The van der Waals surface area contributed by atoms with Crippen LogP contribution in [0.2, 0.25) is 0 Å². The van der Waals surface area contributed by atoms with Crippen molar-refractivity contribution in [1.29, 1.82) is 0 Å². The summed E-state index contributed by atoms with van der Waals surface area (Å²) in [5.41, 5.74) is 1.24. The number of anilines is 3. The van der Waals surface area contributed by atoms with Gasteiger partial charge in [-0.3, -0.25) is 0 Å². The van der Waals surface area contributed by atoms with Gasteiger partial charge in [-0.05, 0) is 48.5 Å². The van der Waals surface area contributed by atoms with Gasteiger partial charge in [-0.15, -0.1) is 13.2 Å². The van der Waals surface area contributed by atoms with Gasteiger partial charge < -0.3 is 20.1 Å². The number of hydrogen-bond acceptors (Lipinski definition) is 7. The minimum atomic E-state index is -4.74. The average molecular weight is 391 g/mol. The Labute approximate surface area is 158 Å². The summed E-state index contributed by atoms with van der Waals surface area (Å²) in [5.74, 6) is 1.37. The number of halogens is 3. The third-order valence-corrected chi connectivity index (χ3v) is 3.55. The fourth-order valence-electron chi connectivity index (χ4n) is 2.28. The molecular formula is C18H16F3N5O2. The van der Waals surface area contributed by atoms with Gasteiger partial charge in [0.1, 0.15) is 11.5 Å².